The molecule has 0 spiro atoms. The summed E-state index contributed by atoms with van der Waals surface area (Å²) in [4.78, 5) is 3.91. The van der Waals surface area contributed by atoms with Gasteiger partial charge in [-0.3, -0.25) is 10.4 Å². The fourth-order valence-corrected chi connectivity index (χ4v) is 0.538. The average molecular weight is 170 g/mol. The number of ether oxygens (including phenoxy) is 1. The lowest BCUT2D eigenvalue weighted by Gasteiger charge is -2.03. The van der Waals surface area contributed by atoms with Gasteiger partial charge in [-0.1, -0.05) is 6.58 Å². The molecule has 12 heavy (non-hydrogen) atoms. The molecule has 0 saturated carbocycles. The van der Waals surface area contributed by atoms with Crippen LogP contribution in [0.2, 0.25) is 0 Å². The predicted molar refractivity (Wildman–Crippen MR) is 49.1 cm³/mol. The van der Waals surface area contributed by atoms with Crippen LogP contribution in [-0.2, 0) is 4.74 Å². The molecule has 0 aromatic carbocycles. The Kier molecular flexibility index (Phi) is 5.69. The first-order valence-corrected chi connectivity index (χ1v) is 3.68. The molecule has 0 aromatic heterocycles. The predicted octanol–water partition coefficient (Wildman–Crippen LogP) is 1.53. The first kappa shape index (κ1) is 10.7. The number of aliphatic hydroxyl groups excluding tert-OH is 1. The van der Waals surface area contributed by atoms with Crippen LogP contribution >= 0.6 is 0 Å². The van der Waals surface area contributed by atoms with Gasteiger partial charge >= 0.3 is 0 Å². The molecule has 0 aliphatic heterocycles. The molecule has 2 N–H and O–H groups in total. The monoisotopic (exact) mass is 170 g/mol. The number of nitrogens with one attached hydrogen (secondary N) is 1. The van der Waals surface area contributed by atoms with E-state index >= 15 is 0 Å². The van der Waals surface area contributed by atoms with Crippen LogP contribution in [0.15, 0.2) is 17.3 Å². The van der Waals surface area contributed by atoms with Crippen molar-refractivity contribution in [1.29, 1.82) is 5.41 Å². The van der Waals surface area contributed by atoms with Gasteiger partial charge in [0, 0.05) is 13.0 Å². The standard InChI is InChI=1S/C8H14N2O2/c1-3-10-5-4-8(9)12-6-7(2)11/h3,9,11H,2,4-6H2,1H3. The van der Waals surface area contributed by atoms with Crippen molar-refractivity contribution >= 4 is 12.1 Å². The largest absolute Gasteiger partial charge is 0.509 e. The lowest BCUT2D eigenvalue weighted by molar-refractivity contribution is 0.256. The molecule has 0 bridgehead atoms. The molecule has 68 valence electrons. The molecule has 0 fully saturated rings. The van der Waals surface area contributed by atoms with Crippen molar-refractivity contribution in [1.82, 2.24) is 0 Å². The molecular weight excluding hydrogens is 156 g/mol. The second-order valence-electron chi connectivity index (χ2n) is 2.19. The van der Waals surface area contributed by atoms with Crippen molar-refractivity contribution < 1.29 is 9.84 Å². The third-order valence-corrected chi connectivity index (χ3v) is 1.06. The van der Waals surface area contributed by atoms with E-state index in [-0.39, 0.29) is 18.3 Å². The van der Waals surface area contributed by atoms with Crippen LogP contribution in [0.1, 0.15) is 13.3 Å². The SMILES string of the molecule is C=C(O)COC(=N)CCN=CC. The van der Waals surface area contributed by atoms with E-state index in [1.54, 1.807) is 6.21 Å². The Hall–Kier alpha value is -1.32. The molecule has 0 radical (unpaired) electrons. The van der Waals surface area contributed by atoms with Gasteiger partial charge in [0.2, 0.25) is 0 Å². The Labute approximate surface area is 72.1 Å². The van der Waals surface area contributed by atoms with Crippen LogP contribution in [0.4, 0.5) is 0 Å². The van der Waals surface area contributed by atoms with Crippen molar-refractivity contribution in [3.05, 3.63) is 12.3 Å². The Morgan fingerprint density at radius 3 is 2.92 bits per heavy atom. The van der Waals surface area contributed by atoms with Gasteiger partial charge in [-0.05, 0) is 13.1 Å². The Morgan fingerprint density at radius 1 is 1.75 bits per heavy atom. The molecule has 4 nitrogen and oxygen atoms in total. The third kappa shape index (κ3) is 6.80. The lowest BCUT2D eigenvalue weighted by atomic mass is 10.4. The number of aliphatic imine (C=N–C) groups is 1. The smallest absolute Gasteiger partial charge is 0.182 e. The van der Waals surface area contributed by atoms with Gasteiger partial charge in [0.25, 0.3) is 0 Å². The highest BCUT2D eigenvalue weighted by Crippen LogP contribution is 1.91. The Morgan fingerprint density at radius 2 is 2.42 bits per heavy atom. The molecule has 0 aliphatic rings. The Bertz CT molecular complexity index is 187. The molecule has 0 aliphatic carbocycles. The van der Waals surface area contributed by atoms with E-state index in [9.17, 15) is 0 Å². The summed E-state index contributed by atoms with van der Waals surface area (Å²) >= 11 is 0. The van der Waals surface area contributed by atoms with E-state index in [0.29, 0.717) is 13.0 Å². The number of nitrogens with zero attached hydrogens (tertiary/aromatic N) is 1. The maximum Gasteiger partial charge on any atom is 0.182 e. The van der Waals surface area contributed by atoms with Crippen LogP contribution in [-0.4, -0.2) is 30.4 Å². The van der Waals surface area contributed by atoms with Crippen molar-refractivity contribution in [2.45, 2.75) is 13.3 Å². The van der Waals surface area contributed by atoms with E-state index in [2.05, 4.69) is 11.6 Å². The zero-order valence-corrected chi connectivity index (χ0v) is 7.21. The molecule has 0 aromatic rings. The zero-order valence-electron chi connectivity index (χ0n) is 7.21. The van der Waals surface area contributed by atoms with Crippen LogP contribution in [0.5, 0.6) is 0 Å². The number of hydrogen-bond donors (Lipinski definition) is 2. The third-order valence-electron chi connectivity index (χ3n) is 1.06. The zero-order chi connectivity index (χ0) is 9.40. The fourth-order valence-electron chi connectivity index (χ4n) is 0.538. The van der Waals surface area contributed by atoms with Crippen molar-refractivity contribution in [3.63, 3.8) is 0 Å². The van der Waals surface area contributed by atoms with Crippen molar-refractivity contribution in [3.8, 4) is 0 Å². The summed E-state index contributed by atoms with van der Waals surface area (Å²) in [5.41, 5.74) is 0. The topological polar surface area (TPSA) is 65.7 Å². The average Bonchev–Trinajstić information content (AvgIpc) is 2.01. The number of rotatable bonds is 5. The maximum atomic E-state index is 8.63. The summed E-state index contributed by atoms with van der Waals surface area (Å²) in [6, 6.07) is 0. The summed E-state index contributed by atoms with van der Waals surface area (Å²) in [6.45, 7) is 5.59. The van der Waals surface area contributed by atoms with Crippen LogP contribution in [0.25, 0.3) is 0 Å². The summed E-state index contributed by atoms with van der Waals surface area (Å²) in [5.74, 6) is 0.0505. The lowest BCUT2D eigenvalue weighted by Crippen LogP contribution is -2.07. The van der Waals surface area contributed by atoms with Crippen LogP contribution < -0.4 is 0 Å². The van der Waals surface area contributed by atoms with Gasteiger partial charge < -0.3 is 9.84 Å². The first-order valence-electron chi connectivity index (χ1n) is 3.68. The molecule has 0 heterocycles. The van der Waals surface area contributed by atoms with E-state index in [1.165, 1.54) is 0 Å². The van der Waals surface area contributed by atoms with E-state index in [4.69, 9.17) is 15.3 Å². The summed E-state index contributed by atoms with van der Waals surface area (Å²) in [6.07, 6.45) is 2.13. The summed E-state index contributed by atoms with van der Waals surface area (Å²) < 4.78 is 4.81. The molecule has 0 atom stereocenters. The highest BCUT2D eigenvalue weighted by molar-refractivity contribution is 5.73. The highest BCUT2D eigenvalue weighted by atomic mass is 16.5. The second kappa shape index (κ2) is 6.39. The van der Waals surface area contributed by atoms with Crippen LogP contribution in [0.3, 0.4) is 0 Å². The highest BCUT2D eigenvalue weighted by Gasteiger charge is 1.96. The van der Waals surface area contributed by atoms with Gasteiger partial charge in [0.05, 0.1) is 0 Å². The fraction of sp³-hybridized carbons (Fsp3) is 0.500. The van der Waals surface area contributed by atoms with Gasteiger partial charge in [-0.15, -0.1) is 0 Å². The van der Waals surface area contributed by atoms with Crippen molar-refractivity contribution in [2.75, 3.05) is 13.2 Å². The minimum Gasteiger partial charge on any atom is -0.509 e. The molecular formula is C8H14N2O2. The van der Waals surface area contributed by atoms with Gasteiger partial charge in [0.15, 0.2) is 5.90 Å². The second-order valence-corrected chi connectivity index (χ2v) is 2.19. The minimum atomic E-state index is -0.0706. The summed E-state index contributed by atoms with van der Waals surface area (Å²) in [5, 5.41) is 15.8. The number of aliphatic hydroxyl groups is 1. The maximum absolute atomic E-state index is 8.63. The van der Waals surface area contributed by atoms with Gasteiger partial charge in [-0.25, -0.2) is 0 Å². The molecule has 4 heteroatoms. The van der Waals surface area contributed by atoms with E-state index < -0.39 is 0 Å². The van der Waals surface area contributed by atoms with Crippen molar-refractivity contribution in [2.24, 2.45) is 4.99 Å². The van der Waals surface area contributed by atoms with Gasteiger partial charge in [-0.2, -0.15) is 0 Å². The molecule has 0 rings (SSSR count). The normalized spacial score (nSPS) is 10.1. The summed E-state index contributed by atoms with van der Waals surface area (Å²) in [7, 11) is 0. The van der Waals surface area contributed by atoms with Crippen LogP contribution in [0, 0.1) is 5.41 Å². The van der Waals surface area contributed by atoms with Gasteiger partial charge in [0.1, 0.15) is 12.4 Å². The Balaban J connectivity index is 3.40. The first-order chi connectivity index (χ1) is 5.66. The van der Waals surface area contributed by atoms with E-state index in [0.717, 1.165) is 0 Å². The quantitative estimate of drug-likeness (QED) is 0.373. The van der Waals surface area contributed by atoms with E-state index in [1.807, 2.05) is 6.92 Å². The molecule has 0 saturated heterocycles. The number of hydrogen-bond acceptors (Lipinski definition) is 4. The molecule has 0 amide bonds. The molecule has 0 unspecified atom stereocenters. The minimum absolute atomic E-state index is 0.00529.